The summed E-state index contributed by atoms with van der Waals surface area (Å²) in [6.07, 6.45) is 0. The van der Waals surface area contributed by atoms with Gasteiger partial charge >= 0.3 is 0 Å². The van der Waals surface area contributed by atoms with Gasteiger partial charge in [-0.3, -0.25) is 14.9 Å². The number of para-hydroxylation sites is 2. The van der Waals surface area contributed by atoms with Gasteiger partial charge in [-0.05, 0) is 55.5 Å². The molecule has 0 unspecified atom stereocenters. The minimum atomic E-state index is -0.491. The molecule has 1 amide bonds. The van der Waals surface area contributed by atoms with Crippen LogP contribution >= 0.6 is 0 Å². The molecule has 0 radical (unpaired) electrons. The van der Waals surface area contributed by atoms with Crippen molar-refractivity contribution >= 4 is 17.3 Å². The van der Waals surface area contributed by atoms with Crippen LogP contribution in [0.4, 0.5) is 15.8 Å². The minimum Gasteiger partial charge on any atom is -0.492 e. The van der Waals surface area contributed by atoms with E-state index in [2.05, 4.69) is 10.00 Å². The summed E-state index contributed by atoms with van der Waals surface area (Å²) >= 11 is 0. The monoisotopic (exact) mass is 515 g/mol. The molecule has 0 aliphatic carbocycles. The van der Waals surface area contributed by atoms with Crippen LogP contribution in [0.3, 0.4) is 0 Å². The maximum absolute atomic E-state index is 13.8. The minimum absolute atomic E-state index is 0.110. The predicted octanol–water partition coefficient (Wildman–Crippen LogP) is 4.95. The molecule has 1 aromatic heterocycles. The molecule has 0 bridgehead atoms. The molecule has 194 valence electrons. The topological polar surface area (TPSA) is 93.7 Å². The Morgan fingerprint density at radius 3 is 2.45 bits per heavy atom. The molecule has 10 heteroatoms. The molecular weight excluding hydrogens is 489 g/mol. The van der Waals surface area contributed by atoms with E-state index >= 15 is 0 Å². The van der Waals surface area contributed by atoms with E-state index in [1.165, 1.54) is 28.9 Å². The van der Waals surface area contributed by atoms with Crippen molar-refractivity contribution < 1.29 is 18.8 Å². The average molecular weight is 516 g/mol. The van der Waals surface area contributed by atoms with Crippen LogP contribution in [0.2, 0.25) is 0 Å². The van der Waals surface area contributed by atoms with E-state index in [1.54, 1.807) is 35.2 Å². The Bertz CT molecular complexity index is 1460. The lowest BCUT2D eigenvalue weighted by Crippen LogP contribution is -2.49. The van der Waals surface area contributed by atoms with Crippen molar-refractivity contribution in [1.29, 1.82) is 0 Å². The number of aromatic nitrogens is 2. The fraction of sp³-hybridized carbons (Fsp3) is 0.214. The molecule has 2 heterocycles. The van der Waals surface area contributed by atoms with Crippen LogP contribution in [0.5, 0.6) is 5.75 Å². The molecule has 0 spiro atoms. The number of rotatable bonds is 7. The third kappa shape index (κ3) is 5.06. The van der Waals surface area contributed by atoms with Crippen LogP contribution in [0, 0.1) is 15.9 Å². The highest BCUT2D eigenvalue weighted by Gasteiger charge is 2.27. The first-order chi connectivity index (χ1) is 18.4. The van der Waals surface area contributed by atoms with Crippen LogP contribution in [-0.2, 0) is 0 Å². The summed E-state index contributed by atoms with van der Waals surface area (Å²) < 4.78 is 20.7. The standard InChI is InChI=1S/C28H26FN5O4/c1-2-38-27-9-4-3-8-25(27)31-14-16-32(17-15-31)28(35)26-19-24(20-10-12-21(29)13-11-20)30-33(26)22-6-5-7-23(18-22)34(36)37/h3-13,18-19H,2,14-17H2,1H3. The van der Waals surface area contributed by atoms with Gasteiger partial charge in [0.25, 0.3) is 11.6 Å². The second-order valence-electron chi connectivity index (χ2n) is 8.79. The summed E-state index contributed by atoms with van der Waals surface area (Å²) in [5.74, 6) is 0.185. The van der Waals surface area contributed by atoms with E-state index in [1.807, 2.05) is 31.2 Å². The molecule has 5 rings (SSSR count). The Morgan fingerprint density at radius 1 is 1.00 bits per heavy atom. The maximum atomic E-state index is 13.8. The van der Waals surface area contributed by atoms with Crippen LogP contribution < -0.4 is 9.64 Å². The molecule has 1 aliphatic rings. The van der Waals surface area contributed by atoms with E-state index in [4.69, 9.17) is 4.74 Å². The molecular formula is C28H26FN5O4. The molecule has 0 N–H and O–H groups in total. The number of nitro groups is 1. The summed E-state index contributed by atoms with van der Waals surface area (Å²) in [6, 6.07) is 21.3. The number of halogens is 1. The fourth-order valence-corrected chi connectivity index (χ4v) is 4.54. The Morgan fingerprint density at radius 2 is 1.74 bits per heavy atom. The van der Waals surface area contributed by atoms with Gasteiger partial charge < -0.3 is 14.5 Å². The van der Waals surface area contributed by atoms with Crippen molar-refractivity contribution in [2.75, 3.05) is 37.7 Å². The van der Waals surface area contributed by atoms with Crippen LogP contribution in [0.15, 0.2) is 78.9 Å². The molecule has 0 saturated carbocycles. The normalized spacial score (nSPS) is 13.4. The lowest BCUT2D eigenvalue weighted by Gasteiger charge is -2.36. The second-order valence-corrected chi connectivity index (χ2v) is 8.79. The lowest BCUT2D eigenvalue weighted by molar-refractivity contribution is -0.384. The van der Waals surface area contributed by atoms with Crippen molar-refractivity contribution in [2.45, 2.75) is 6.92 Å². The van der Waals surface area contributed by atoms with Gasteiger partial charge in [0.15, 0.2) is 0 Å². The number of hydrogen-bond donors (Lipinski definition) is 0. The van der Waals surface area contributed by atoms with Crippen LogP contribution in [0.1, 0.15) is 17.4 Å². The Balaban J connectivity index is 1.44. The molecule has 38 heavy (non-hydrogen) atoms. The first kappa shape index (κ1) is 24.9. The lowest BCUT2D eigenvalue weighted by atomic mass is 10.1. The van der Waals surface area contributed by atoms with Crippen LogP contribution in [0.25, 0.3) is 16.9 Å². The largest absolute Gasteiger partial charge is 0.492 e. The van der Waals surface area contributed by atoms with E-state index in [-0.39, 0.29) is 23.1 Å². The zero-order valence-electron chi connectivity index (χ0n) is 20.8. The van der Waals surface area contributed by atoms with E-state index < -0.39 is 4.92 Å². The van der Waals surface area contributed by atoms with Crippen molar-refractivity contribution in [2.24, 2.45) is 0 Å². The third-order valence-corrected chi connectivity index (χ3v) is 6.43. The van der Waals surface area contributed by atoms with Gasteiger partial charge in [0.2, 0.25) is 0 Å². The van der Waals surface area contributed by atoms with Crippen LogP contribution in [-0.4, -0.2) is 58.3 Å². The Hall–Kier alpha value is -4.73. The summed E-state index contributed by atoms with van der Waals surface area (Å²) in [5, 5.41) is 16.0. The first-order valence-corrected chi connectivity index (χ1v) is 12.3. The number of ether oxygens (including phenoxy) is 1. The number of piperazine rings is 1. The number of amides is 1. The van der Waals surface area contributed by atoms with Crippen molar-refractivity contribution in [3.63, 3.8) is 0 Å². The quantitative estimate of drug-likeness (QED) is 0.255. The smallest absolute Gasteiger partial charge is 0.272 e. The average Bonchev–Trinajstić information content (AvgIpc) is 3.39. The van der Waals surface area contributed by atoms with E-state index in [0.29, 0.717) is 49.7 Å². The van der Waals surface area contributed by atoms with Crippen molar-refractivity contribution in [3.05, 3.63) is 100 Å². The summed E-state index contributed by atoms with van der Waals surface area (Å²) in [5.41, 5.74) is 2.63. The molecule has 3 aromatic carbocycles. The highest BCUT2D eigenvalue weighted by Crippen LogP contribution is 2.30. The van der Waals surface area contributed by atoms with Gasteiger partial charge in [-0.25, -0.2) is 9.07 Å². The number of anilines is 1. The molecule has 1 fully saturated rings. The number of nitro benzene ring substituents is 1. The predicted molar refractivity (Wildman–Crippen MR) is 141 cm³/mol. The number of nitrogens with zero attached hydrogens (tertiary/aromatic N) is 5. The van der Waals surface area contributed by atoms with E-state index in [9.17, 15) is 19.3 Å². The van der Waals surface area contributed by atoms with Crippen molar-refractivity contribution in [1.82, 2.24) is 14.7 Å². The molecule has 4 aromatic rings. The SMILES string of the molecule is CCOc1ccccc1N1CCN(C(=O)c2cc(-c3ccc(F)cc3)nn2-c2cccc([N+](=O)[O-])c2)CC1. The summed E-state index contributed by atoms with van der Waals surface area (Å²) in [4.78, 5) is 28.6. The second kappa shape index (κ2) is 10.7. The molecule has 0 atom stereocenters. The Labute approximate surface area is 218 Å². The van der Waals surface area contributed by atoms with Gasteiger partial charge in [-0.1, -0.05) is 18.2 Å². The Kier molecular flexibility index (Phi) is 7.03. The molecule has 1 aliphatic heterocycles. The maximum Gasteiger partial charge on any atom is 0.272 e. The van der Waals surface area contributed by atoms with Crippen molar-refractivity contribution in [3.8, 4) is 22.7 Å². The molecule has 1 saturated heterocycles. The number of carbonyl (C=O) groups excluding carboxylic acids is 1. The zero-order valence-corrected chi connectivity index (χ0v) is 20.8. The number of hydrogen-bond acceptors (Lipinski definition) is 6. The van der Waals surface area contributed by atoms with Gasteiger partial charge in [0.1, 0.15) is 17.3 Å². The van der Waals surface area contributed by atoms with Gasteiger partial charge in [-0.15, -0.1) is 0 Å². The number of carbonyl (C=O) groups is 1. The number of benzene rings is 3. The summed E-state index contributed by atoms with van der Waals surface area (Å²) in [7, 11) is 0. The van der Waals surface area contributed by atoms with Gasteiger partial charge in [-0.2, -0.15) is 5.10 Å². The van der Waals surface area contributed by atoms with Gasteiger partial charge in [0, 0.05) is 43.9 Å². The first-order valence-electron chi connectivity index (χ1n) is 12.3. The third-order valence-electron chi connectivity index (χ3n) is 6.43. The fourth-order valence-electron chi connectivity index (χ4n) is 4.54. The number of non-ortho nitro benzene ring substituents is 1. The van der Waals surface area contributed by atoms with Gasteiger partial charge in [0.05, 0.1) is 28.6 Å². The highest BCUT2D eigenvalue weighted by atomic mass is 19.1. The summed E-state index contributed by atoms with van der Waals surface area (Å²) in [6.45, 7) is 4.69. The van der Waals surface area contributed by atoms with E-state index in [0.717, 1.165) is 11.4 Å². The zero-order chi connectivity index (χ0) is 26.6. The highest BCUT2D eigenvalue weighted by molar-refractivity contribution is 5.94. The molecule has 9 nitrogen and oxygen atoms in total.